The van der Waals surface area contributed by atoms with Crippen LogP contribution in [0, 0.1) is 0 Å². The molecule has 7 heteroatoms. The van der Waals surface area contributed by atoms with E-state index in [4.69, 9.17) is 4.74 Å². The predicted molar refractivity (Wildman–Crippen MR) is 118 cm³/mol. The zero-order valence-electron chi connectivity index (χ0n) is 16.9. The van der Waals surface area contributed by atoms with E-state index in [1.807, 2.05) is 24.3 Å². The molecule has 0 aliphatic rings. The maximum absolute atomic E-state index is 12.4. The molecule has 3 N–H and O–H groups in total. The van der Waals surface area contributed by atoms with Crippen molar-refractivity contribution in [1.82, 2.24) is 0 Å². The Hall–Kier alpha value is -4.13. The molecule has 3 aromatic carbocycles. The third-order valence-electron chi connectivity index (χ3n) is 4.64. The molecule has 3 rings (SSSR count). The monoisotopic (exact) mass is 418 g/mol. The van der Waals surface area contributed by atoms with E-state index >= 15 is 0 Å². The van der Waals surface area contributed by atoms with Gasteiger partial charge in [-0.1, -0.05) is 24.3 Å². The summed E-state index contributed by atoms with van der Waals surface area (Å²) in [4.78, 5) is 35.9. The van der Waals surface area contributed by atoms with Crippen molar-refractivity contribution in [3.63, 3.8) is 0 Å². The fourth-order valence-corrected chi connectivity index (χ4v) is 2.95. The van der Waals surface area contributed by atoms with Gasteiger partial charge in [0.25, 0.3) is 5.91 Å². The van der Waals surface area contributed by atoms with Crippen LogP contribution < -0.4 is 15.4 Å². The number of aromatic carboxylic acids is 1. The van der Waals surface area contributed by atoms with E-state index in [1.54, 1.807) is 43.5 Å². The van der Waals surface area contributed by atoms with Crippen molar-refractivity contribution in [1.29, 1.82) is 0 Å². The molecule has 3 aromatic rings. The van der Waals surface area contributed by atoms with Crippen LogP contribution in [0.2, 0.25) is 0 Å². The number of carbonyl (C=O) groups is 3. The lowest BCUT2D eigenvalue weighted by atomic mass is 10.1. The van der Waals surface area contributed by atoms with Gasteiger partial charge in [-0.15, -0.1) is 0 Å². The van der Waals surface area contributed by atoms with Crippen molar-refractivity contribution in [2.45, 2.75) is 12.8 Å². The van der Waals surface area contributed by atoms with Crippen LogP contribution in [0.25, 0.3) is 0 Å². The Bertz CT molecular complexity index is 1080. The Morgan fingerprint density at radius 1 is 0.871 bits per heavy atom. The quantitative estimate of drug-likeness (QED) is 0.508. The van der Waals surface area contributed by atoms with Gasteiger partial charge in [-0.05, 0) is 60.5 Å². The molecule has 0 bridgehead atoms. The number of rotatable bonds is 8. The van der Waals surface area contributed by atoms with Crippen LogP contribution in [0.15, 0.2) is 72.8 Å². The molecule has 0 spiro atoms. The summed E-state index contributed by atoms with van der Waals surface area (Å²) in [5.41, 5.74) is 2.18. The minimum atomic E-state index is -1.12. The molecule has 0 aliphatic heterocycles. The Morgan fingerprint density at radius 2 is 1.55 bits per heavy atom. The number of benzene rings is 3. The summed E-state index contributed by atoms with van der Waals surface area (Å²) >= 11 is 0. The van der Waals surface area contributed by atoms with Gasteiger partial charge >= 0.3 is 5.97 Å². The molecule has 0 saturated heterocycles. The number of hydrogen-bond acceptors (Lipinski definition) is 4. The molecule has 7 nitrogen and oxygen atoms in total. The number of para-hydroxylation sites is 1. The second kappa shape index (κ2) is 10.1. The molecular formula is C24H22N2O5. The average Bonchev–Trinajstić information content (AvgIpc) is 2.78. The van der Waals surface area contributed by atoms with Crippen LogP contribution in [0.3, 0.4) is 0 Å². The third kappa shape index (κ3) is 5.93. The fraction of sp³-hybridized carbons (Fsp3) is 0.125. The minimum Gasteiger partial charge on any atom is -0.497 e. The highest BCUT2D eigenvalue weighted by Gasteiger charge is 2.13. The first-order valence-corrected chi connectivity index (χ1v) is 9.63. The summed E-state index contributed by atoms with van der Waals surface area (Å²) in [5, 5.41) is 14.6. The number of methoxy groups -OCH3 is 1. The largest absolute Gasteiger partial charge is 0.497 e. The van der Waals surface area contributed by atoms with E-state index in [9.17, 15) is 19.5 Å². The number of hydrogen-bond donors (Lipinski definition) is 3. The lowest BCUT2D eigenvalue weighted by Crippen LogP contribution is -2.15. The maximum atomic E-state index is 12.4. The molecule has 2 amide bonds. The highest BCUT2D eigenvalue weighted by atomic mass is 16.5. The number of nitrogens with one attached hydrogen (secondary N) is 2. The van der Waals surface area contributed by atoms with Gasteiger partial charge in [0, 0.05) is 17.7 Å². The van der Waals surface area contributed by atoms with Crippen molar-refractivity contribution in [3.05, 3.63) is 89.5 Å². The Morgan fingerprint density at radius 3 is 2.19 bits per heavy atom. The first-order chi connectivity index (χ1) is 15.0. The van der Waals surface area contributed by atoms with Crippen molar-refractivity contribution < 1.29 is 24.2 Å². The van der Waals surface area contributed by atoms with E-state index in [-0.39, 0.29) is 17.2 Å². The van der Waals surface area contributed by atoms with Crippen LogP contribution in [-0.2, 0) is 11.2 Å². The molecule has 0 fully saturated rings. The summed E-state index contributed by atoms with van der Waals surface area (Å²) < 4.78 is 5.12. The fourth-order valence-electron chi connectivity index (χ4n) is 2.95. The van der Waals surface area contributed by atoms with Gasteiger partial charge in [0.05, 0.1) is 18.4 Å². The van der Waals surface area contributed by atoms with E-state index < -0.39 is 11.9 Å². The van der Waals surface area contributed by atoms with Gasteiger partial charge in [0.2, 0.25) is 5.91 Å². The maximum Gasteiger partial charge on any atom is 0.337 e. The van der Waals surface area contributed by atoms with Crippen LogP contribution in [-0.4, -0.2) is 30.0 Å². The molecule has 0 aliphatic carbocycles. The second-order valence-corrected chi connectivity index (χ2v) is 6.78. The van der Waals surface area contributed by atoms with Gasteiger partial charge < -0.3 is 20.5 Å². The average molecular weight is 418 g/mol. The standard InChI is InChI=1S/C24H22N2O5/c1-31-19-13-6-16(7-14-19)8-15-22(27)25-18-11-9-17(10-12-18)23(28)26-21-5-3-2-4-20(21)24(29)30/h2-7,9-14H,8,15H2,1H3,(H,25,27)(H,26,28)(H,29,30). The van der Waals surface area contributed by atoms with E-state index in [0.29, 0.717) is 24.1 Å². The number of amides is 2. The van der Waals surface area contributed by atoms with Crippen LogP contribution in [0.4, 0.5) is 11.4 Å². The van der Waals surface area contributed by atoms with Gasteiger partial charge in [0.15, 0.2) is 0 Å². The predicted octanol–water partition coefficient (Wildman–Crippen LogP) is 4.22. The van der Waals surface area contributed by atoms with Crippen LogP contribution in [0.1, 0.15) is 32.7 Å². The summed E-state index contributed by atoms with van der Waals surface area (Å²) in [6.45, 7) is 0. The molecule has 0 heterocycles. The smallest absolute Gasteiger partial charge is 0.337 e. The van der Waals surface area contributed by atoms with Crippen molar-refractivity contribution in [2.75, 3.05) is 17.7 Å². The Labute approximate surface area is 179 Å². The van der Waals surface area contributed by atoms with E-state index in [2.05, 4.69) is 10.6 Å². The number of carboxylic acid groups (broad SMARTS) is 1. The van der Waals surface area contributed by atoms with Gasteiger partial charge in [-0.2, -0.15) is 0 Å². The van der Waals surface area contributed by atoms with Crippen molar-refractivity contribution in [3.8, 4) is 5.75 Å². The van der Waals surface area contributed by atoms with Crippen LogP contribution >= 0.6 is 0 Å². The van der Waals surface area contributed by atoms with E-state index in [1.165, 1.54) is 12.1 Å². The van der Waals surface area contributed by atoms with Gasteiger partial charge in [0.1, 0.15) is 5.75 Å². The topological polar surface area (TPSA) is 105 Å². The molecule has 0 unspecified atom stereocenters. The van der Waals surface area contributed by atoms with Crippen molar-refractivity contribution >= 4 is 29.2 Å². The molecule has 0 saturated carbocycles. The number of carboxylic acids is 1. The summed E-state index contributed by atoms with van der Waals surface area (Å²) in [5.74, 6) is -0.929. The third-order valence-corrected chi connectivity index (χ3v) is 4.64. The van der Waals surface area contributed by atoms with Crippen LogP contribution in [0.5, 0.6) is 5.75 Å². The normalized spacial score (nSPS) is 10.2. The highest BCUT2D eigenvalue weighted by Crippen LogP contribution is 2.18. The number of carbonyl (C=O) groups excluding carboxylic acids is 2. The molecular weight excluding hydrogens is 396 g/mol. The number of anilines is 2. The molecule has 0 atom stereocenters. The summed E-state index contributed by atoms with van der Waals surface area (Å²) in [6, 6.07) is 20.1. The number of ether oxygens (including phenoxy) is 1. The van der Waals surface area contributed by atoms with E-state index in [0.717, 1.165) is 11.3 Å². The Kier molecular flexibility index (Phi) is 7.01. The lowest BCUT2D eigenvalue weighted by Gasteiger charge is -2.09. The first kappa shape index (κ1) is 21.6. The summed E-state index contributed by atoms with van der Waals surface area (Å²) in [6.07, 6.45) is 0.917. The first-order valence-electron chi connectivity index (χ1n) is 9.63. The zero-order chi connectivity index (χ0) is 22.2. The zero-order valence-corrected chi connectivity index (χ0v) is 16.9. The lowest BCUT2D eigenvalue weighted by molar-refractivity contribution is -0.116. The molecule has 0 aromatic heterocycles. The second-order valence-electron chi connectivity index (χ2n) is 6.78. The van der Waals surface area contributed by atoms with Gasteiger partial charge in [-0.3, -0.25) is 9.59 Å². The van der Waals surface area contributed by atoms with Gasteiger partial charge in [-0.25, -0.2) is 4.79 Å². The number of aryl methyl sites for hydroxylation is 1. The molecule has 0 radical (unpaired) electrons. The highest BCUT2D eigenvalue weighted by molar-refractivity contribution is 6.08. The SMILES string of the molecule is COc1ccc(CCC(=O)Nc2ccc(C(=O)Nc3ccccc3C(=O)O)cc2)cc1. The molecule has 31 heavy (non-hydrogen) atoms. The Balaban J connectivity index is 1.55. The van der Waals surface area contributed by atoms with Crippen molar-refractivity contribution in [2.24, 2.45) is 0 Å². The minimum absolute atomic E-state index is 0.0107. The summed E-state index contributed by atoms with van der Waals surface area (Å²) in [7, 11) is 1.60. The molecule has 158 valence electrons.